The van der Waals surface area contributed by atoms with Crippen molar-refractivity contribution in [1.29, 1.82) is 0 Å². The van der Waals surface area contributed by atoms with Gasteiger partial charge in [-0.1, -0.05) is 0 Å². The molecule has 0 bridgehead atoms. The summed E-state index contributed by atoms with van der Waals surface area (Å²) in [7, 11) is 1.37. The van der Waals surface area contributed by atoms with Crippen molar-refractivity contribution in [2.45, 2.75) is 13.0 Å². The number of allylic oxidation sites excluding steroid dienone is 1. The van der Waals surface area contributed by atoms with Gasteiger partial charge in [0.25, 0.3) is 0 Å². The molecular weight excluding hydrogens is 336 g/mol. The van der Waals surface area contributed by atoms with Crippen molar-refractivity contribution >= 4 is 50.6 Å². The highest BCUT2D eigenvalue weighted by molar-refractivity contribution is 9.11. The predicted octanol–water partition coefficient (Wildman–Crippen LogP) is 2.48. The molecule has 0 spiro atoms. The van der Waals surface area contributed by atoms with Crippen molar-refractivity contribution in [2.24, 2.45) is 0 Å². The number of thiophene rings is 1. The Bertz CT molecular complexity index is 539. The van der Waals surface area contributed by atoms with E-state index < -0.39 is 0 Å². The second-order valence-electron chi connectivity index (χ2n) is 3.75. The second kappa shape index (κ2) is 5.38. The summed E-state index contributed by atoms with van der Waals surface area (Å²) in [5, 5.41) is 8.52. The molecule has 1 aromatic heterocycles. The Morgan fingerprint density at radius 3 is 2.89 bits per heavy atom. The van der Waals surface area contributed by atoms with Gasteiger partial charge in [0.15, 0.2) is 5.11 Å². The van der Waals surface area contributed by atoms with Crippen LogP contribution in [0.4, 0.5) is 0 Å². The number of nitrogens with one attached hydrogen (secondary N) is 2. The summed E-state index contributed by atoms with van der Waals surface area (Å²) in [4.78, 5) is 11.9. The first kappa shape index (κ1) is 13.5. The van der Waals surface area contributed by atoms with Gasteiger partial charge in [-0.2, -0.15) is 0 Å². The van der Waals surface area contributed by atoms with Crippen molar-refractivity contribution in [3.8, 4) is 0 Å². The molecule has 1 atom stereocenters. The molecule has 0 saturated heterocycles. The van der Waals surface area contributed by atoms with Gasteiger partial charge in [0.05, 0.1) is 22.5 Å². The van der Waals surface area contributed by atoms with Crippen molar-refractivity contribution in [3.63, 3.8) is 0 Å². The molecule has 96 valence electrons. The van der Waals surface area contributed by atoms with Gasteiger partial charge in [-0.25, -0.2) is 4.79 Å². The van der Waals surface area contributed by atoms with Crippen LogP contribution in [0.25, 0.3) is 0 Å². The van der Waals surface area contributed by atoms with Crippen molar-refractivity contribution in [2.75, 3.05) is 7.11 Å². The van der Waals surface area contributed by atoms with Crippen LogP contribution < -0.4 is 10.6 Å². The fraction of sp³-hybridized carbons (Fsp3) is 0.273. The smallest absolute Gasteiger partial charge is 0.337 e. The number of rotatable bonds is 2. The molecule has 1 aliphatic rings. The number of carbonyl (C=O) groups excluding carboxylic acids is 1. The Labute approximate surface area is 123 Å². The monoisotopic (exact) mass is 346 g/mol. The Morgan fingerprint density at radius 2 is 2.33 bits per heavy atom. The first-order valence-corrected chi connectivity index (χ1v) is 7.21. The van der Waals surface area contributed by atoms with Crippen molar-refractivity contribution < 1.29 is 9.53 Å². The molecule has 0 fully saturated rings. The largest absolute Gasteiger partial charge is 0.466 e. The predicted molar refractivity (Wildman–Crippen MR) is 78.3 cm³/mol. The van der Waals surface area contributed by atoms with Crippen LogP contribution in [0.1, 0.15) is 18.5 Å². The molecule has 18 heavy (non-hydrogen) atoms. The fourth-order valence-corrected chi connectivity index (χ4v) is 3.27. The fourth-order valence-electron chi connectivity index (χ4n) is 1.80. The van der Waals surface area contributed by atoms with Gasteiger partial charge in [-0.15, -0.1) is 11.3 Å². The Balaban J connectivity index is 2.45. The van der Waals surface area contributed by atoms with E-state index in [0.717, 1.165) is 15.0 Å². The molecule has 0 aromatic carbocycles. The van der Waals surface area contributed by atoms with Gasteiger partial charge in [0.2, 0.25) is 0 Å². The van der Waals surface area contributed by atoms with E-state index >= 15 is 0 Å². The van der Waals surface area contributed by atoms with Crippen LogP contribution in [0.5, 0.6) is 0 Å². The second-order valence-corrected chi connectivity index (χ2v) is 6.44. The average molecular weight is 347 g/mol. The van der Waals surface area contributed by atoms with E-state index in [9.17, 15) is 4.79 Å². The number of hydrogen-bond acceptors (Lipinski definition) is 4. The summed E-state index contributed by atoms with van der Waals surface area (Å²) >= 11 is 10.1. The summed E-state index contributed by atoms with van der Waals surface area (Å²) in [5.41, 5.74) is 2.25. The highest BCUT2D eigenvalue weighted by Crippen LogP contribution is 2.32. The van der Waals surface area contributed by atoms with Gasteiger partial charge in [0.1, 0.15) is 0 Å². The highest BCUT2D eigenvalue weighted by Gasteiger charge is 2.30. The van der Waals surface area contributed by atoms with Gasteiger partial charge in [0, 0.05) is 5.70 Å². The number of carbonyl (C=O) groups is 1. The summed E-state index contributed by atoms with van der Waals surface area (Å²) < 4.78 is 5.83. The lowest BCUT2D eigenvalue weighted by atomic mass is 9.98. The van der Waals surface area contributed by atoms with E-state index in [1.54, 1.807) is 11.3 Å². The van der Waals surface area contributed by atoms with Crippen molar-refractivity contribution in [1.82, 2.24) is 10.6 Å². The molecule has 0 amide bonds. The lowest BCUT2D eigenvalue weighted by Crippen LogP contribution is -2.44. The molecule has 0 saturated carbocycles. The average Bonchev–Trinajstić information content (AvgIpc) is 2.74. The van der Waals surface area contributed by atoms with Gasteiger partial charge in [-0.05, 0) is 52.1 Å². The summed E-state index contributed by atoms with van der Waals surface area (Å²) in [6.45, 7) is 1.81. The van der Waals surface area contributed by atoms with Crippen LogP contribution in [0, 0.1) is 0 Å². The van der Waals surface area contributed by atoms with Crippen LogP contribution in [0.3, 0.4) is 0 Å². The third-order valence-electron chi connectivity index (χ3n) is 2.60. The van der Waals surface area contributed by atoms with Gasteiger partial charge >= 0.3 is 5.97 Å². The van der Waals surface area contributed by atoms with Crippen LogP contribution in [0.2, 0.25) is 0 Å². The van der Waals surface area contributed by atoms with Crippen LogP contribution >= 0.6 is 39.5 Å². The molecule has 2 N–H and O–H groups in total. The SMILES string of the molecule is COC(=O)C1=C(C)NC(=S)NC1c1csc(Br)c1. The van der Waals surface area contributed by atoms with E-state index in [-0.39, 0.29) is 12.0 Å². The number of ether oxygens (including phenoxy) is 1. The molecule has 4 nitrogen and oxygen atoms in total. The number of hydrogen-bond donors (Lipinski definition) is 2. The Morgan fingerprint density at radius 1 is 1.61 bits per heavy atom. The molecular formula is C11H11BrN2O2S2. The topological polar surface area (TPSA) is 50.4 Å². The quantitative estimate of drug-likeness (QED) is 0.636. The number of methoxy groups -OCH3 is 1. The Kier molecular flexibility index (Phi) is 4.04. The van der Waals surface area contributed by atoms with E-state index in [1.807, 2.05) is 18.4 Å². The van der Waals surface area contributed by atoms with E-state index in [0.29, 0.717) is 10.7 Å². The molecule has 0 radical (unpaired) electrons. The van der Waals surface area contributed by atoms with Gasteiger partial charge in [-0.3, -0.25) is 0 Å². The normalized spacial score (nSPS) is 19.3. The summed E-state index contributed by atoms with van der Waals surface area (Å²) in [5.74, 6) is -0.359. The number of esters is 1. The third kappa shape index (κ3) is 2.57. The minimum atomic E-state index is -0.359. The maximum atomic E-state index is 11.9. The summed E-state index contributed by atoms with van der Waals surface area (Å²) in [6.07, 6.45) is 0. The zero-order chi connectivity index (χ0) is 13.3. The molecule has 1 aromatic rings. The van der Waals surface area contributed by atoms with E-state index in [4.69, 9.17) is 17.0 Å². The number of halogens is 1. The molecule has 7 heteroatoms. The Hall–Kier alpha value is -0.920. The van der Waals surface area contributed by atoms with Crippen LogP contribution in [0.15, 0.2) is 26.5 Å². The maximum absolute atomic E-state index is 11.9. The zero-order valence-corrected chi connectivity index (χ0v) is 13.0. The van der Waals surface area contributed by atoms with E-state index in [2.05, 4.69) is 26.6 Å². The minimum absolute atomic E-state index is 0.270. The molecule has 1 aliphatic heterocycles. The minimum Gasteiger partial charge on any atom is -0.466 e. The lowest BCUT2D eigenvalue weighted by molar-refractivity contribution is -0.136. The number of thiocarbonyl (C=S) groups is 1. The molecule has 2 heterocycles. The van der Waals surface area contributed by atoms with Gasteiger partial charge < -0.3 is 15.4 Å². The van der Waals surface area contributed by atoms with E-state index in [1.165, 1.54) is 7.11 Å². The lowest BCUT2D eigenvalue weighted by Gasteiger charge is -2.28. The van der Waals surface area contributed by atoms with Crippen LogP contribution in [-0.4, -0.2) is 18.2 Å². The molecule has 1 unspecified atom stereocenters. The van der Waals surface area contributed by atoms with Crippen molar-refractivity contribution in [3.05, 3.63) is 32.1 Å². The zero-order valence-electron chi connectivity index (χ0n) is 9.74. The first-order chi connectivity index (χ1) is 8.52. The van der Waals surface area contributed by atoms with Crippen LogP contribution in [-0.2, 0) is 9.53 Å². The molecule has 2 rings (SSSR count). The highest BCUT2D eigenvalue weighted by atomic mass is 79.9. The first-order valence-electron chi connectivity index (χ1n) is 5.13. The maximum Gasteiger partial charge on any atom is 0.337 e. The molecule has 0 aliphatic carbocycles. The summed E-state index contributed by atoms with van der Waals surface area (Å²) in [6, 6.07) is 1.70. The third-order valence-corrected chi connectivity index (χ3v) is 4.34. The standard InChI is InChI=1S/C11H11BrN2O2S2/c1-5-8(10(15)16-2)9(14-11(17)13-5)6-3-7(12)18-4-6/h3-4,9H,1-2H3,(H2,13,14,17).